The van der Waals surface area contributed by atoms with Crippen LogP contribution in [0.5, 0.6) is 0 Å². The summed E-state index contributed by atoms with van der Waals surface area (Å²) in [4.78, 5) is 1.13. The Bertz CT molecular complexity index is 623. The van der Waals surface area contributed by atoms with Crippen LogP contribution in [0.15, 0.2) is 21.4 Å². The molecule has 3 rings (SSSR count). The number of rotatable bonds is 1. The van der Waals surface area contributed by atoms with Gasteiger partial charge in [0.1, 0.15) is 16.9 Å². The van der Waals surface area contributed by atoms with Gasteiger partial charge in [0.05, 0.1) is 0 Å². The summed E-state index contributed by atoms with van der Waals surface area (Å²) < 4.78 is 53.5. The maximum Gasteiger partial charge on any atom is 0.285 e. The van der Waals surface area contributed by atoms with Crippen molar-refractivity contribution in [3.8, 4) is 0 Å². The number of hydrogen-bond donors (Lipinski definition) is 0. The van der Waals surface area contributed by atoms with Crippen molar-refractivity contribution in [2.24, 2.45) is 4.40 Å². The molecule has 7 heteroatoms. The minimum absolute atomic E-state index is 0.0179. The molecular weight excluding hydrogens is 250 g/mol. The molecule has 1 fully saturated rings. The van der Waals surface area contributed by atoms with Crippen molar-refractivity contribution in [2.45, 2.75) is 23.8 Å². The summed E-state index contributed by atoms with van der Waals surface area (Å²) >= 11 is 0. The lowest BCUT2D eigenvalue weighted by Gasteiger charge is -2.25. The summed E-state index contributed by atoms with van der Waals surface area (Å²) in [5, 5.41) is 0. The minimum Gasteiger partial charge on any atom is -0.325 e. The molecular formula is C10H8F2N2O2S. The molecule has 0 saturated heterocycles. The molecule has 0 unspecified atom stereocenters. The highest BCUT2D eigenvalue weighted by Gasteiger charge is 2.37. The first-order valence-electron chi connectivity index (χ1n) is 5.07. The zero-order valence-corrected chi connectivity index (χ0v) is 9.42. The summed E-state index contributed by atoms with van der Waals surface area (Å²) in [6.45, 7) is 0. The predicted molar refractivity (Wildman–Crippen MR) is 57.5 cm³/mol. The fourth-order valence-corrected chi connectivity index (χ4v) is 2.85. The second-order valence-electron chi connectivity index (χ2n) is 4.04. The molecule has 0 N–H and O–H groups in total. The summed E-state index contributed by atoms with van der Waals surface area (Å²) in [6.07, 6.45) is 2.71. The maximum absolute atomic E-state index is 13.7. The number of benzene rings is 1. The Balaban J connectivity index is 2.29. The third kappa shape index (κ3) is 1.53. The van der Waals surface area contributed by atoms with E-state index >= 15 is 0 Å². The number of sulfonamides is 1. The van der Waals surface area contributed by atoms with Gasteiger partial charge in [-0.15, -0.1) is 4.40 Å². The summed E-state index contributed by atoms with van der Waals surface area (Å²) in [7, 11) is -3.90. The first kappa shape index (κ1) is 10.6. The maximum atomic E-state index is 13.7. The Hall–Kier alpha value is -1.50. The zero-order chi connectivity index (χ0) is 12.2. The smallest absolute Gasteiger partial charge is 0.285 e. The monoisotopic (exact) mass is 258 g/mol. The van der Waals surface area contributed by atoms with E-state index in [9.17, 15) is 17.2 Å². The zero-order valence-electron chi connectivity index (χ0n) is 8.60. The molecule has 0 spiro atoms. The molecule has 0 radical (unpaired) electrons. The van der Waals surface area contributed by atoms with E-state index < -0.39 is 21.7 Å². The fraction of sp³-hybridized carbons (Fsp3) is 0.300. The average molecular weight is 258 g/mol. The molecule has 0 atom stereocenters. The van der Waals surface area contributed by atoms with Gasteiger partial charge in [0, 0.05) is 6.04 Å². The van der Waals surface area contributed by atoms with Gasteiger partial charge >= 0.3 is 0 Å². The molecule has 1 heterocycles. The first-order chi connectivity index (χ1) is 8.00. The highest BCUT2D eigenvalue weighted by molar-refractivity contribution is 7.90. The lowest BCUT2D eigenvalue weighted by atomic mass is 10.2. The fourth-order valence-electron chi connectivity index (χ4n) is 1.83. The van der Waals surface area contributed by atoms with E-state index in [4.69, 9.17) is 0 Å². The molecule has 4 nitrogen and oxygen atoms in total. The van der Waals surface area contributed by atoms with Gasteiger partial charge in [-0.1, -0.05) is 0 Å². The van der Waals surface area contributed by atoms with Gasteiger partial charge in [-0.3, -0.25) is 0 Å². The van der Waals surface area contributed by atoms with Gasteiger partial charge in [0.25, 0.3) is 10.0 Å². The Morgan fingerprint density at radius 3 is 2.65 bits per heavy atom. The van der Waals surface area contributed by atoms with Gasteiger partial charge in [-0.05, 0) is 25.0 Å². The molecule has 0 bridgehead atoms. The average Bonchev–Trinajstić information content (AvgIpc) is 3.07. The molecule has 1 aliphatic carbocycles. The van der Waals surface area contributed by atoms with Gasteiger partial charge in [-0.2, -0.15) is 8.42 Å². The van der Waals surface area contributed by atoms with Crippen molar-refractivity contribution in [2.75, 3.05) is 4.90 Å². The Labute approximate surface area is 96.6 Å². The van der Waals surface area contributed by atoms with Crippen LogP contribution in [0, 0.1) is 11.6 Å². The van der Waals surface area contributed by atoms with Crippen molar-refractivity contribution in [1.82, 2.24) is 0 Å². The van der Waals surface area contributed by atoms with Gasteiger partial charge in [-0.25, -0.2) is 8.78 Å². The number of hydrogen-bond acceptors (Lipinski definition) is 3. The molecule has 1 aliphatic heterocycles. The van der Waals surface area contributed by atoms with E-state index in [2.05, 4.69) is 4.40 Å². The SMILES string of the molecule is O=S1(=O)N=CN(C2CC2)c2c1ccc(F)c2F. The second-order valence-corrected chi connectivity index (χ2v) is 5.64. The van der Waals surface area contributed by atoms with Crippen molar-refractivity contribution in [1.29, 1.82) is 0 Å². The standard InChI is InChI=1S/C10H8F2N2O2S/c11-7-3-4-8-10(9(7)12)14(6-1-2-6)5-13-17(8,15)16/h3-6H,1-2H2. The molecule has 0 aromatic heterocycles. The van der Waals surface area contributed by atoms with Crippen LogP contribution in [-0.4, -0.2) is 20.8 Å². The van der Waals surface area contributed by atoms with E-state index in [0.717, 1.165) is 31.3 Å². The largest absolute Gasteiger partial charge is 0.325 e. The van der Waals surface area contributed by atoms with E-state index in [1.807, 2.05) is 0 Å². The van der Waals surface area contributed by atoms with Crippen LogP contribution in [0.2, 0.25) is 0 Å². The van der Waals surface area contributed by atoms with Gasteiger partial charge in [0.15, 0.2) is 11.6 Å². The Morgan fingerprint density at radius 1 is 1.29 bits per heavy atom. The lowest BCUT2D eigenvalue weighted by molar-refractivity contribution is 0.504. The normalized spacial score (nSPS) is 21.4. The van der Waals surface area contributed by atoms with Crippen molar-refractivity contribution in [3.05, 3.63) is 23.8 Å². The number of anilines is 1. The molecule has 1 saturated carbocycles. The van der Waals surface area contributed by atoms with Gasteiger partial charge in [0.2, 0.25) is 0 Å². The lowest BCUT2D eigenvalue weighted by Crippen LogP contribution is -2.30. The number of nitrogens with zero attached hydrogens (tertiary/aromatic N) is 2. The molecule has 2 aliphatic rings. The summed E-state index contributed by atoms with van der Waals surface area (Å²) in [6, 6.07) is 1.87. The van der Waals surface area contributed by atoms with Crippen LogP contribution >= 0.6 is 0 Å². The van der Waals surface area contributed by atoms with E-state index in [0.29, 0.717) is 0 Å². The van der Waals surface area contributed by atoms with Crippen LogP contribution in [0.1, 0.15) is 12.8 Å². The van der Waals surface area contributed by atoms with Crippen LogP contribution in [0.25, 0.3) is 0 Å². The number of halogens is 2. The molecule has 17 heavy (non-hydrogen) atoms. The minimum atomic E-state index is -3.90. The van der Waals surface area contributed by atoms with Crippen molar-refractivity contribution >= 4 is 22.0 Å². The highest BCUT2D eigenvalue weighted by Crippen LogP contribution is 2.39. The predicted octanol–water partition coefficient (Wildman–Crippen LogP) is 1.66. The number of fused-ring (bicyclic) bond motifs is 1. The second kappa shape index (κ2) is 3.25. The first-order valence-corrected chi connectivity index (χ1v) is 6.51. The molecule has 0 amide bonds. The summed E-state index contributed by atoms with van der Waals surface area (Å²) in [5.41, 5.74) is -0.220. The third-order valence-electron chi connectivity index (χ3n) is 2.82. The topological polar surface area (TPSA) is 49.7 Å². The molecule has 90 valence electrons. The quantitative estimate of drug-likeness (QED) is 0.769. The Morgan fingerprint density at radius 2 is 2.00 bits per heavy atom. The Kier molecular flexibility index (Phi) is 2.04. The van der Waals surface area contributed by atoms with Gasteiger partial charge < -0.3 is 4.90 Å². The summed E-state index contributed by atoms with van der Waals surface area (Å²) in [5.74, 6) is -2.19. The van der Waals surface area contributed by atoms with Crippen molar-refractivity contribution in [3.63, 3.8) is 0 Å². The molecule has 1 aromatic rings. The van der Waals surface area contributed by atoms with Crippen LogP contribution in [0.3, 0.4) is 0 Å². The van der Waals surface area contributed by atoms with Crippen LogP contribution in [-0.2, 0) is 10.0 Å². The van der Waals surface area contributed by atoms with E-state index in [-0.39, 0.29) is 16.6 Å². The van der Waals surface area contributed by atoms with Crippen LogP contribution < -0.4 is 4.90 Å². The van der Waals surface area contributed by atoms with Crippen molar-refractivity contribution < 1.29 is 17.2 Å². The van der Waals surface area contributed by atoms with Crippen LogP contribution in [0.4, 0.5) is 14.5 Å². The highest BCUT2D eigenvalue weighted by atomic mass is 32.2. The third-order valence-corrected chi connectivity index (χ3v) is 4.08. The van der Waals surface area contributed by atoms with E-state index in [1.54, 1.807) is 0 Å². The molecule has 1 aromatic carbocycles. The van der Waals surface area contributed by atoms with E-state index in [1.165, 1.54) is 4.90 Å².